The predicted molar refractivity (Wildman–Crippen MR) is 82.4 cm³/mol. The largest absolute Gasteiger partial charge is 0.497 e. The number of ether oxygens (including phenoxy) is 2. The summed E-state index contributed by atoms with van der Waals surface area (Å²) < 4.78 is 10.6. The van der Waals surface area contributed by atoms with Gasteiger partial charge < -0.3 is 9.47 Å². The van der Waals surface area contributed by atoms with E-state index in [-0.39, 0.29) is 5.97 Å². The maximum Gasteiger partial charge on any atom is 0.331 e. The van der Waals surface area contributed by atoms with Gasteiger partial charge >= 0.3 is 5.97 Å². The summed E-state index contributed by atoms with van der Waals surface area (Å²) in [6, 6.07) is 5.88. The summed E-state index contributed by atoms with van der Waals surface area (Å²) in [5.74, 6) is 0.607. The molecule has 0 spiro atoms. The van der Waals surface area contributed by atoms with Crippen molar-refractivity contribution in [2.24, 2.45) is 0 Å². The molecule has 21 heavy (non-hydrogen) atoms. The monoisotopic (exact) mass is 289 g/mol. The fourth-order valence-electron chi connectivity index (χ4n) is 2.97. The Hall–Kier alpha value is -1.81. The van der Waals surface area contributed by atoms with Crippen LogP contribution in [0.1, 0.15) is 30.9 Å². The molecule has 0 fully saturated rings. The van der Waals surface area contributed by atoms with Crippen molar-refractivity contribution in [1.29, 1.82) is 0 Å². The van der Waals surface area contributed by atoms with Crippen molar-refractivity contribution in [1.82, 2.24) is 5.32 Å². The van der Waals surface area contributed by atoms with Crippen LogP contribution in [0.15, 0.2) is 30.9 Å². The zero-order chi connectivity index (χ0) is 15.3. The minimum Gasteiger partial charge on any atom is -0.497 e. The Morgan fingerprint density at radius 2 is 2.33 bits per heavy atom. The van der Waals surface area contributed by atoms with Gasteiger partial charge in [0.25, 0.3) is 0 Å². The van der Waals surface area contributed by atoms with E-state index < -0.39 is 5.54 Å². The molecule has 1 aliphatic carbocycles. The van der Waals surface area contributed by atoms with Crippen LogP contribution in [0.2, 0.25) is 0 Å². The fraction of sp³-hybridized carbons (Fsp3) is 0.471. The molecule has 0 heterocycles. The molecule has 0 radical (unpaired) electrons. The normalized spacial score (nSPS) is 20.5. The number of esters is 1. The molecule has 1 atom stereocenters. The average molecular weight is 289 g/mol. The Labute approximate surface area is 126 Å². The van der Waals surface area contributed by atoms with E-state index in [1.165, 1.54) is 0 Å². The van der Waals surface area contributed by atoms with E-state index in [0.29, 0.717) is 13.2 Å². The van der Waals surface area contributed by atoms with Gasteiger partial charge in [-0.2, -0.15) is 0 Å². The topological polar surface area (TPSA) is 47.6 Å². The van der Waals surface area contributed by atoms with Crippen LogP contribution in [0.3, 0.4) is 0 Å². The van der Waals surface area contributed by atoms with Gasteiger partial charge in [0.1, 0.15) is 11.3 Å². The number of hydrogen-bond donors (Lipinski definition) is 1. The Balaban J connectivity index is 2.46. The summed E-state index contributed by atoms with van der Waals surface area (Å²) in [6.45, 7) is 6.50. The minimum absolute atomic E-state index is 0.210. The van der Waals surface area contributed by atoms with Crippen molar-refractivity contribution < 1.29 is 14.3 Å². The lowest BCUT2D eigenvalue weighted by molar-refractivity contribution is -0.152. The molecule has 0 aliphatic heterocycles. The van der Waals surface area contributed by atoms with Crippen LogP contribution in [0.4, 0.5) is 0 Å². The lowest BCUT2D eigenvalue weighted by Gasteiger charge is -2.37. The molecule has 114 valence electrons. The predicted octanol–water partition coefficient (Wildman–Crippen LogP) is 2.57. The smallest absolute Gasteiger partial charge is 0.331 e. The number of aryl methyl sites for hydroxylation is 1. The summed E-state index contributed by atoms with van der Waals surface area (Å²) in [5, 5.41) is 3.33. The average Bonchev–Trinajstić information content (AvgIpc) is 2.52. The summed E-state index contributed by atoms with van der Waals surface area (Å²) in [7, 11) is 1.65. The van der Waals surface area contributed by atoms with Gasteiger partial charge in [0.2, 0.25) is 0 Å². The van der Waals surface area contributed by atoms with Crippen molar-refractivity contribution in [3.63, 3.8) is 0 Å². The number of rotatable bonds is 6. The molecule has 1 aromatic carbocycles. The second-order valence-electron chi connectivity index (χ2n) is 5.17. The third-order valence-electron chi connectivity index (χ3n) is 3.94. The maximum absolute atomic E-state index is 12.6. The first kappa shape index (κ1) is 15.6. The molecular weight excluding hydrogens is 266 g/mol. The summed E-state index contributed by atoms with van der Waals surface area (Å²) in [6.07, 6.45) is 4.38. The van der Waals surface area contributed by atoms with Crippen LogP contribution in [0.5, 0.6) is 5.75 Å². The van der Waals surface area contributed by atoms with E-state index in [9.17, 15) is 4.79 Å². The Bertz CT molecular complexity index is 527. The van der Waals surface area contributed by atoms with Crippen molar-refractivity contribution >= 4 is 5.97 Å². The van der Waals surface area contributed by atoms with E-state index in [0.717, 1.165) is 36.1 Å². The third-order valence-corrected chi connectivity index (χ3v) is 3.94. The lowest BCUT2D eigenvalue weighted by Crippen LogP contribution is -2.52. The SMILES string of the molecule is C=CCNC1(C(=O)OCC)CCCc2cc(OC)ccc21. The molecule has 0 amide bonds. The van der Waals surface area contributed by atoms with Crippen LogP contribution in [-0.2, 0) is 21.5 Å². The van der Waals surface area contributed by atoms with Crippen LogP contribution in [0.25, 0.3) is 0 Å². The number of hydrogen-bond acceptors (Lipinski definition) is 4. The summed E-state index contributed by atoms with van der Waals surface area (Å²) in [5.41, 5.74) is 1.37. The third kappa shape index (κ3) is 2.95. The zero-order valence-electron chi connectivity index (χ0n) is 12.8. The molecule has 1 aromatic rings. The second kappa shape index (κ2) is 6.76. The fourth-order valence-corrected chi connectivity index (χ4v) is 2.97. The Kier molecular flexibility index (Phi) is 5.02. The van der Waals surface area contributed by atoms with Gasteiger partial charge in [-0.05, 0) is 49.4 Å². The standard InChI is InChI=1S/C17H23NO3/c1-4-11-18-17(16(19)21-5-2)10-6-7-13-12-14(20-3)8-9-15(13)17/h4,8-9,12,18H,1,5-7,10-11H2,2-3H3. The van der Waals surface area contributed by atoms with Crippen molar-refractivity contribution in [2.75, 3.05) is 20.3 Å². The molecule has 2 rings (SSSR count). The van der Waals surface area contributed by atoms with Gasteiger partial charge in [0, 0.05) is 6.54 Å². The zero-order valence-corrected chi connectivity index (χ0v) is 12.8. The van der Waals surface area contributed by atoms with E-state index in [2.05, 4.69) is 11.9 Å². The Morgan fingerprint density at radius 3 is 3.00 bits per heavy atom. The quantitative estimate of drug-likeness (QED) is 0.646. The second-order valence-corrected chi connectivity index (χ2v) is 5.17. The van der Waals surface area contributed by atoms with E-state index in [4.69, 9.17) is 9.47 Å². The number of nitrogens with one attached hydrogen (secondary N) is 1. The van der Waals surface area contributed by atoms with E-state index >= 15 is 0 Å². The lowest BCUT2D eigenvalue weighted by atomic mass is 9.76. The van der Waals surface area contributed by atoms with Gasteiger partial charge in [0.15, 0.2) is 0 Å². The molecular formula is C17H23NO3. The Morgan fingerprint density at radius 1 is 1.52 bits per heavy atom. The van der Waals surface area contributed by atoms with Gasteiger partial charge in [-0.1, -0.05) is 12.1 Å². The minimum atomic E-state index is -0.774. The number of benzene rings is 1. The van der Waals surface area contributed by atoms with Gasteiger partial charge in [0.05, 0.1) is 13.7 Å². The van der Waals surface area contributed by atoms with Crippen molar-refractivity contribution in [2.45, 2.75) is 31.7 Å². The van der Waals surface area contributed by atoms with Crippen LogP contribution >= 0.6 is 0 Å². The van der Waals surface area contributed by atoms with Crippen molar-refractivity contribution in [3.8, 4) is 5.75 Å². The van der Waals surface area contributed by atoms with E-state index in [1.807, 2.05) is 25.1 Å². The number of carbonyl (C=O) groups excluding carboxylic acids is 1. The van der Waals surface area contributed by atoms with Crippen LogP contribution in [0, 0.1) is 0 Å². The molecule has 4 nitrogen and oxygen atoms in total. The first-order chi connectivity index (χ1) is 10.2. The van der Waals surface area contributed by atoms with Gasteiger partial charge in [-0.25, -0.2) is 4.79 Å². The van der Waals surface area contributed by atoms with E-state index in [1.54, 1.807) is 13.2 Å². The van der Waals surface area contributed by atoms with Crippen molar-refractivity contribution in [3.05, 3.63) is 42.0 Å². The number of fused-ring (bicyclic) bond motifs is 1. The van der Waals surface area contributed by atoms with Crippen LogP contribution in [-0.4, -0.2) is 26.2 Å². The highest BCUT2D eigenvalue weighted by Crippen LogP contribution is 2.38. The highest BCUT2D eigenvalue weighted by atomic mass is 16.5. The number of carbonyl (C=O) groups is 1. The van der Waals surface area contributed by atoms with Gasteiger partial charge in [-0.3, -0.25) is 5.32 Å². The first-order valence-electron chi connectivity index (χ1n) is 7.38. The highest BCUT2D eigenvalue weighted by Gasteiger charge is 2.44. The molecule has 0 saturated heterocycles. The molecule has 0 saturated carbocycles. The van der Waals surface area contributed by atoms with Gasteiger partial charge in [-0.15, -0.1) is 6.58 Å². The molecule has 0 bridgehead atoms. The maximum atomic E-state index is 12.6. The molecule has 1 N–H and O–H groups in total. The van der Waals surface area contributed by atoms with Crippen LogP contribution < -0.4 is 10.1 Å². The number of methoxy groups -OCH3 is 1. The molecule has 4 heteroatoms. The summed E-state index contributed by atoms with van der Waals surface area (Å²) >= 11 is 0. The highest BCUT2D eigenvalue weighted by molar-refractivity contribution is 5.83. The molecule has 1 unspecified atom stereocenters. The molecule has 1 aliphatic rings. The first-order valence-corrected chi connectivity index (χ1v) is 7.38. The molecule has 0 aromatic heterocycles. The summed E-state index contributed by atoms with van der Waals surface area (Å²) in [4.78, 5) is 12.6.